The zero-order chi connectivity index (χ0) is 6.81. The lowest BCUT2D eigenvalue weighted by molar-refractivity contribution is 0.376. The Balaban J connectivity index is 2.08. The van der Waals surface area contributed by atoms with Crippen LogP contribution in [-0.2, 0) is 0 Å². The molecule has 1 aliphatic carbocycles. The van der Waals surface area contributed by atoms with Gasteiger partial charge in [0.25, 0.3) is 0 Å². The summed E-state index contributed by atoms with van der Waals surface area (Å²) in [5, 5.41) is 0. The Hall–Kier alpha value is -0.340. The number of hydrogen-bond donors (Lipinski definition) is 2. The average Bonchev–Trinajstić information content (AvgIpc) is 2.05. The minimum Gasteiger partial charge on any atom is -0.257 e. The summed E-state index contributed by atoms with van der Waals surface area (Å²) in [7, 11) is 0. The normalized spacial score (nSPS) is 32.8. The third kappa shape index (κ3) is 1.09. The van der Waals surface area contributed by atoms with Gasteiger partial charge in [-0.15, -0.1) is 0 Å². The fourth-order valence-electron chi connectivity index (χ4n) is 1.81. The highest BCUT2D eigenvalue weighted by atomic mass is 15.4. The molecule has 0 spiro atoms. The highest BCUT2D eigenvalue weighted by Crippen LogP contribution is 2.24. The molecule has 1 aliphatic heterocycles. The second kappa shape index (κ2) is 2.72. The number of nitrogens with one attached hydrogen (secondary N) is 2. The zero-order valence-corrected chi connectivity index (χ0v) is 6.19. The molecule has 2 rings (SSSR count). The standard InChI is InChI=1S/C8H14N2/c1-2-4-8-6-10-9-5-7(8)3-1/h3,8-10H,1-2,4-6H2. The van der Waals surface area contributed by atoms with E-state index in [9.17, 15) is 0 Å². The van der Waals surface area contributed by atoms with Crippen molar-refractivity contribution in [3.8, 4) is 0 Å². The van der Waals surface area contributed by atoms with Crippen LogP contribution in [0.25, 0.3) is 0 Å². The molecule has 0 aromatic carbocycles. The summed E-state index contributed by atoms with van der Waals surface area (Å²) >= 11 is 0. The molecule has 1 saturated heterocycles. The summed E-state index contributed by atoms with van der Waals surface area (Å²) < 4.78 is 0. The molecule has 1 atom stereocenters. The van der Waals surface area contributed by atoms with E-state index in [0.29, 0.717) is 0 Å². The van der Waals surface area contributed by atoms with Crippen LogP contribution in [0.4, 0.5) is 0 Å². The summed E-state index contributed by atoms with van der Waals surface area (Å²) in [6.45, 7) is 2.19. The Morgan fingerprint density at radius 3 is 3.30 bits per heavy atom. The molecule has 2 heteroatoms. The minimum atomic E-state index is 0.843. The largest absolute Gasteiger partial charge is 0.257 e. The van der Waals surface area contributed by atoms with Crippen LogP contribution in [0.2, 0.25) is 0 Å². The first-order valence-electron chi connectivity index (χ1n) is 4.11. The van der Waals surface area contributed by atoms with Crippen LogP contribution in [-0.4, -0.2) is 13.1 Å². The van der Waals surface area contributed by atoms with Gasteiger partial charge in [0, 0.05) is 13.1 Å². The van der Waals surface area contributed by atoms with Crippen molar-refractivity contribution in [3.63, 3.8) is 0 Å². The SMILES string of the molecule is C1=C2CNNCC2CCC1. The summed E-state index contributed by atoms with van der Waals surface area (Å²) in [4.78, 5) is 0. The second-order valence-electron chi connectivity index (χ2n) is 3.14. The lowest BCUT2D eigenvalue weighted by atomic mass is 9.87. The molecular formula is C8H14N2. The zero-order valence-electron chi connectivity index (χ0n) is 6.19. The van der Waals surface area contributed by atoms with E-state index in [0.717, 1.165) is 19.0 Å². The molecule has 56 valence electrons. The third-order valence-electron chi connectivity index (χ3n) is 2.45. The van der Waals surface area contributed by atoms with E-state index in [-0.39, 0.29) is 0 Å². The van der Waals surface area contributed by atoms with Crippen LogP contribution < -0.4 is 10.9 Å². The summed E-state index contributed by atoms with van der Waals surface area (Å²) in [6.07, 6.45) is 6.48. The van der Waals surface area contributed by atoms with E-state index < -0.39 is 0 Å². The van der Waals surface area contributed by atoms with Crippen molar-refractivity contribution in [1.82, 2.24) is 10.9 Å². The molecule has 0 saturated carbocycles. The Morgan fingerprint density at radius 2 is 2.40 bits per heavy atom. The number of hydrazine groups is 1. The van der Waals surface area contributed by atoms with Gasteiger partial charge in [-0.3, -0.25) is 10.9 Å². The van der Waals surface area contributed by atoms with Crippen molar-refractivity contribution in [2.75, 3.05) is 13.1 Å². The molecule has 0 aromatic heterocycles. The van der Waals surface area contributed by atoms with Crippen LogP contribution in [0.15, 0.2) is 11.6 Å². The molecule has 2 N–H and O–H groups in total. The summed E-state index contributed by atoms with van der Waals surface area (Å²) in [5.41, 5.74) is 7.99. The van der Waals surface area contributed by atoms with Crippen molar-refractivity contribution < 1.29 is 0 Å². The van der Waals surface area contributed by atoms with Gasteiger partial charge >= 0.3 is 0 Å². The molecule has 0 aromatic rings. The minimum absolute atomic E-state index is 0.843. The lowest BCUT2D eigenvalue weighted by Gasteiger charge is -2.29. The van der Waals surface area contributed by atoms with E-state index in [1.807, 2.05) is 0 Å². The van der Waals surface area contributed by atoms with Gasteiger partial charge in [0.1, 0.15) is 0 Å². The Kier molecular flexibility index (Phi) is 1.74. The molecule has 2 aliphatic rings. The molecule has 1 heterocycles. The average molecular weight is 138 g/mol. The third-order valence-corrected chi connectivity index (χ3v) is 2.45. The maximum atomic E-state index is 3.19. The van der Waals surface area contributed by atoms with E-state index in [1.165, 1.54) is 19.3 Å². The van der Waals surface area contributed by atoms with Crippen LogP contribution in [0, 0.1) is 5.92 Å². The molecule has 2 nitrogen and oxygen atoms in total. The topological polar surface area (TPSA) is 24.1 Å². The Labute approximate surface area is 61.7 Å². The number of allylic oxidation sites excluding steroid dienone is 1. The first-order chi connectivity index (χ1) is 4.97. The van der Waals surface area contributed by atoms with Gasteiger partial charge in [-0.05, 0) is 25.2 Å². The van der Waals surface area contributed by atoms with Crippen molar-refractivity contribution >= 4 is 0 Å². The molecule has 0 bridgehead atoms. The lowest BCUT2D eigenvalue weighted by Crippen LogP contribution is -2.45. The highest BCUT2D eigenvalue weighted by Gasteiger charge is 2.19. The van der Waals surface area contributed by atoms with E-state index in [4.69, 9.17) is 0 Å². The molecular weight excluding hydrogens is 124 g/mol. The Bertz CT molecular complexity index is 151. The van der Waals surface area contributed by atoms with Gasteiger partial charge < -0.3 is 0 Å². The van der Waals surface area contributed by atoms with Gasteiger partial charge in [0.15, 0.2) is 0 Å². The van der Waals surface area contributed by atoms with Crippen molar-refractivity contribution in [1.29, 1.82) is 0 Å². The van der Waals surface area contributed by atoms with Crippen LogP contribution in [0.5, 0.6) is 0 Å². The molecule has 0 radical (unpaired) electrons. The van der Waals surface area contributed by atoms with Crippen molar-refractivity contribution in [2.45, 2.75) is 19.3 Å². The van der Waals surface area contributed by atoms with Crippen molar-refractivity contribution in [2.24, 2.45) is 5.92 Å². The van der Waals surface area contributed by atoms with E-state index in [1.54, 1.807) is 5.57 Å². The van der Waals surface area contributed by atoms with Gasteiger partial charge in [-0.1, -0.05) is 11.6 Å². The molecule has 1 unspecified atom stereocenters. The summed E-state index contributed by atoms with van der Waals surface area (Å²) in [6, 6.07) is 0. The fourth-order valence-corrected chi connectivity index (χ4v) is 1.81. The molecule has 10 heavy (non-hydrogen) atoms. The van der Waals surface area contributed by atoms with Crippen molar-refractivity contribution in [3.05, 3.63) is 11.6 Å². The predicted octanol–water partition coefficient (Wildman–Crippen LogP) is 0.821. The van der Waals surface area contributed by atoms with Crippen LogP contribution in [0.1, 0.15) is 19.3 Å². The van der Waals surface area contributed by atoms with Gasteiger partial charge in [-0.2, -0.15) is 0 Å². The van der Waals surface area contributed by atoms with E-state index in [2.05, 4.69) is 16.9 Å². The van der Waals surface area contributed by atoms with Crippen LogP contribution >= 0.6 is 0 Å². The first kappa shape index (κ1) is 6.38. The number of rotatable bonds is 0. The van der Waals surface area contributed by atoms with Gasteiger partial charge in [0.05, 0.1) is 0 Å². The smallest absolute Gasteiger partial charge is 0.0313 e. The fraction of sp³-hybridized carbons (Fsp3) is 0.750. The van der Waals surface area contributed by atoms with E-state index >= 15 is 0 Å². The highest BCUT2D eigenvalue weighted by molar-refractivity contribution is 5.13. The second-order valence-corrected chi connectivity index (χ2v) is 3.14. The summed E-state index contributed by atoms with van der Waals surface area (Å²) in [5.74, 6) is 0.843. The molecule has 1 fully saturated rings. The van der Waals surface area contributed by atoms with Gasteiger partial charge in [0.2, 0.25) is 0 Å². The maximum absolute atomic E-state index is 3.19. The van der Waals surface area contributed by atoms with Gasteiger partial charge in [-0.25, -0.2) is 0 Å². The number of hydrogen-bond acceptors (Lipinski definition) is 2. The quantitative estimate of drug-likeness (QED) is 0.484. The Morgan fingerprint density at radius 1 is 1.40 bits per heavy atom. The molecule has 0 amide bonds. The predicted molar refractivity (Wildman–Crippen MR) is 41.4 cm³/mol. The first-order valence-corrected chi connectivity index (χ1v) is 4.11. The maximum Gasteiger partial charge on any atom is 0.0313 e. The van der Waals surface area contributed by atoms with Crippen LogP contribution in [0.3, 0.4) is 0 Å². The monoisotopic (exact) mass is 138 g/mol. The number of fused-ring (bicyclic) bond motifs is 1.